The maximum Gasteiger partial charge on any atom is 0.407 e. The van der Waals surface area contributed by atoms with Gasteiger partial charge in [-0.1, -0.05) is 85.8 Å². The van der Waals surface area contributed by atoms with Crippen molar-refractivity contribution in [3.05, 3.63) is 157 Å². The van der Waals surface area contributed by atoms with Crippen molar-refractivity contribution < 1.29 is 91.7 Å². The van der Waals surface area contributed by atoms with Crippen LogP contribution in [0.3, 0.4) is 0 Å². The summed E-state index contributed by atoms with van der Waals surface area (Å²) in [7, 11) is 0. The lowest BCUT2D eigenvalue weighted by atomic mass is 9.81. The minimum atomic E-state index is -2.08. The van der Waals surface area contributed by atoms with Gasteiger partial charge in [-0.05, 0) is 83.2 Å². The van der Waals surface area contributed by atoms with Crippen LogP contribution < -0.4 is 53.8 Å². The number of aliphatic hydroxyl groups excluding tert-OH is 3. The Morgan fingerprint density at radius 3 is 2.11 bits per heavy atom. The van der Waals surface area contributed by atoms with Gasteiger partial charge in [-0.15, -0.1) is 0 Å². The van der Waals surface area contributed by atoms with Crippen molar-refractivity contribution in [2.24, 2.45) is 5.73 Å². The van der Waals surface area contributed by atoms with Crippen molar-refractivity contribution in [1.29, 1.82) is 0 Å². The Morgan fingerprint density at radius 1 is 0.760 bits per heavy atom. The number of primary amides is 1. The number of cyclic esters (lactones) is 1. The number of nitrogens with zero attached hydrogens (tertiary/aromatic N) is 2. The van der Waals surface area contributed by atoms with E-state index in [-0.39, 0.29) is 55.2 Å². The topological polar surface area (TPSA) is 446 Å². The number of nitrogens with one attached hydrogen (secondary N) is 8. The molecule has 0 unspecified atom stereocenters. The van der Waals surface area contributed by atoms with E-state index >= 15 is 4.39 Å². The lowest BCUT2D eigenvalue weighted by Gasteiger charge is -2.39. The summed E-state index contributed by atoms with van der Waals surface area (Å²) in [5.74, 6) is -8.46. The minimum absolute atomic E-state index is 0.0184. The molecule has 6 aromatic rings. The highest BCUT2D eigenvalue weighted by atomic mass is 19.1. The van der Waals surface area contributed by atoms with Gasteiger partial charge in [0.1, 0.15) is 68.9 Å². The lowest BCUT2D eigenvalue weighted by Crippen LogP contribution is -2.62. The quantitative estimate of drug-likeness (QED) is 0.0175. The Hall–Kier alpha value is -10.6. The Bertz CT molecular complexity index is 4280. The molecule has 5 heterocycles. The highest BCUT2D eigenvalue weighted by molar-refractivity contribution is 5.96. The van der Waals surface area contributed by atoms with E-state index < -0.39 is 177 Å². The second-order valence-electron chi connectivity index (χ2n) is 24.9. The third-order valence-corrected chi connectivity index (χ3v) is 18.7. The third kappa shape index (κ3) is 14.9. The molecule has 526 valence electrons. The fourth-order valence-corrected chi connectivity index (χ4v) is 13.4. The van der Waals surface area contributed by atoms with Gasteiger partial charge in [0.05, 0.1) is 54.7 Å². The summed E-state index contributed by atoms with van der Waals surface area (Å²) in [6.07, 6.45) is -9.88. The van der Waals surface area contributed by atoms with E-state index in [1.165, 1.54) is 10.6 Å². The van der Waals surface area contributed by atoms with Crippen LogP contribution >= 0.6 is 0 Å². The largest absolute Gasteiger partial charge is 0.458 e. The van der Waals surface area contributed by atoms with Crippen molar-refractivity contribution >= 4 is 70.2 Å². The Labute approximate surface area is 569 Å². The van der Waals surface area contributed by atoms with Gasteiger partial charge in [0.25, 0.3) is 5.56 Å². The molecule has 100 heavy (non-hydrogen) atoms. The standard InChI is InChI=1S/C69H74FN11O19/c1-3-69(96)43-22-49-58-40(28-81(49)66(93)42(43)30-98-67(69)94)57-45(18-17-35-33(2)44(70)23-47(79-58)56(35)57)77-55(86)31-97-32-76-53(84)26-75-65(92)48(21-34-11-5-4-6-12-34)78-54(85)27-73-52(83)25-74-64(91)46(19-20-51(82)72-24-50-59(87)60(88)61(89)62(100-50)63(71)90)80-68(95)99-29-41-38-15-9-7-13-36(38)37-14-8-10-16-39(37)41/h4-16,22-23,41,45-46,48,50,59-62,87-89,96H,3,17-21,24-32H2,1-2H3,(H2,71,90)(H,72,82)(H,73,83)(H,74,91)(H,75,92)(H,76,84)(H,77,86)(H,78,85)(H,80,95)/t45-,46-,48-,50-,59-,60+,61-,62-,69-/m0/s1. The van der Waals surface area contributed by atoms with Crippen LogP contribution in [-0.2, 0) is 93.7 Å². The number of benzene rings is 4. The number of pyridine rings is 2. The first-order valence-corrected chi connectivity index (χ1v) is 32.4. The molecule has 0 bridgehead atoms. The minimum Gasteiger partial charge on any atom is -0.458 e. The smallest absolute Gasteiger partial charge is 0.407 e. The van der Waals surface area contributed by atoms with Gasteiger partial charge < -0.3 is 92.2 Å². The predicted octanol–water partition coefficient (Wildman–Crippen LogP) is -1.06. The van der Waals surface area contributed by atoms with Gasteiger partial charge in [-0.3, -0.25) is 43.2 Å². The van der Waals surface area contributed by atoms with Gasteiger partial charge in [-0.2, -0.15) is 0 Å². The van der Waals surface area contributed by atoms with Gasteiger partial charge in [-0.25, -0.2) is 19.0 Å². The van der Waals surface area contributed by atoms with E-state index in [4.69, 9.17) is 29.7 Å². The number of esters is 1. The summed E-state index contributed by atoms with van der Waals surface area (Å²) >= 11 is 0. The molecule has 0 radical (unpaired) electrons. The van der Waals surface area contributed by atoms with E-state index in [1.807, 2.05) is 48.5 Å². The van der Waals surface area contributed by atoms with Crippen molar-refractivity contribution in [2.75, 3.05) is 46.1 Å². The Morgan fingerprint density at radius 2 is 1.42 bits per heavy atom. The van der Waals surface area contributed by atoms with Crippen LogP contribution in [0.5, 0.6) is 0 Å². The number of ether oxygens (including phenoxy) is 4. The predicted molar refractivity (Wildman–Crippen MR) is 349 cm³/mol. The van der Waals surface area contributed by atoms with E-state index in [0.29, 0.717) is 57.4 Å². The zero-order chi connectivity index (χ0) is 71.3. The van der Waals surface area contributed by atoms with Crippen LogP contribution in [0.2, 0.25) is 0 Å². The molecule has 14 N–H and O–H groups in total. The number of nitrogens with two attached hydrogens (primary N) is 1. The van der Waals surface area contributed by atoms with Crippen LogP contribution in [0, 0.1) is 12.7 Å². The van der Waals surface area contributed by atoms with Crippen LogP contribution in [0.25, 0.3) is 33.4 Å². The number of aryl methyl sites for hydroxylation is 1. The molecule has 9 amide bonds. The van der Waals surface area contributed by atoms with Crippen LogP contribution in [0.4, 0.5) is 9.18 Å². The number of carbonyl (C=O) groups excluding carboxylic acids is 10. The zero-order valence-corrected chi connectivity index (χ0v) is 54.2. The number of carbonyl (C=O) groups is 10. The molecule has 2 aromatic heterocycles. The van der Waals surface area contributed by atoms with Crippen molar-refractivity contribution in [3.63, 3.8) is 0 Å². The molecule has 4 aromatic carbocycles. The average molecular weight is 1380 g/mol. The van der Waals surface area contributed by atoms with E-state index in [1.54, 1.807) is 50.2 Å². The number of halogens is 1. The highest BCUT2D eigenvalue weighted by Crippen LogP contribution is 2.47. The molecule has 30 nitrogen and oxygen atoms in total. The van der Waals surface area contributed by atoms with Gasteiger partial charge in [0, 0.05) is 47.9 Å². The number of hydrogen-bond acceptors (Lipinski definition) is 20. The molecule has 0 spiro atoms. The first-order chi connectivity index (χ1) is 47.9. The SMILES string of the molecule is CC[C@@]1(O)C(=O)OCc2c1cc1n(c2=O)Cc2c-1nc1cc(F)c(C)c3c1c2[C@@H](NC(=O)COCNC(=O)CNC(=O)[C@H](Cc1ccccc1)NC(=O)CNC(=O)CNC(=O)[C@H](CCC(=O)NC[C@@H]1O[C@H](C(N)=O)[C@@H](O)[C@H](O)[C@H]1O)NC(=O)OCC1c2ccccc2-c2ccccc21)CC3. The molecule has 1 fully saturated rings. The summed E-state index contributed by atoms with van der Waals surface area (Å²) in [5.41, 5.74) is 10.5. The molecular formula is C69H74FN11O19. The number of amides is 9. The number of aromatic nitrogens is 2. The Balaban J connectivity index is 0.659. The number of alkyl carbamates (subject to hydrolysis) is 1. The van der Waals surface area contributed by atoms with Crippen LogP contribution in [0.15, 0.2) is 95.8 Å². The highest BCUT2D eigenvalue weighted by Gasteiger charge is 2.48. The lowest BCUT2D eigenvalue weighted by molar-refractivity contribution is -0.217. The second kappa shape index (κ2) is 30.3. The molecule has 31 heteroatoms. The first-order valence-electron chi connectivity index (χ1n) is 32.4. The van der Waals surface area contributed by atoms with Gasteiger partial charge in [0.15, 0.2) is 11.7 Å². The van der Waals surface area contributed by atoms with Crippen LogP contribution in [-0.4, -0.2) is 178 Å². The molecule has 3 aliphatic heterocycles. The van der Waals surface area contributed by atoms with Gasteiger partial charge >= 0.3 is 12.1 Å². The molecule has 5 aliphatic rings. The average Bonchev–Trinajstić information content (AvgIpc) is 1.47. The second-order valence-corrected chi connectivity index (χ2v) is 24.9. The van der Waals surface area contributed by atoms with Gasteiger partial charge in [0.2, 0.25) is 47.3 Å². The van der Waals surface area contributed by atoms with Crippen LogP contribution in [0.1, 0.15) is 94.6 Å². The monoisotopic (exact) mass is 1380 g/mol. The summed E-state index contributed by atoms with van der Waals surface area (Å²) in [6.45, 7) is -0.804. The zero-order valence-electron chi connectivity index (χ0n) is 54.2. The Kier molecular flexibility index (Phi) is 21.4. The molecule has 9 atom stereocenters. The number of rotatable bonds is 26. The summed E-state index contributed by atoms with van der Waals surface area (Å²) < 4.78 is 38.7. The van der Waals surface area contributed by atoms with Crippen molar-refractivity contribution in [3.8, 4) is 22.5 Å². The molecule has 0 saturated carbocycles. The fraction of sp³-hybridized carbons (Fsp3) is 0.391. The van der Waals surface area contributed by atoms with Crippen molar-refractivity contribution in [1.82, 2.24) is 52.1 Å². The first kappa shape index (κ1) is 70.7. The molecule has 1 saturated heterocycles. The summed E-state index contributed by atoms with van der Waals surface area (Å²) in [6, 6.07) is 23.0. The number of fused-ring (bicyclic) bond motifs is 8. The number of aliphatic hydroxyl groups is 4. The summed E-state index contributed by atoms with van der Waals surface area (Å²) in [4.78, 5) is 151. The fourth-order valence-electron chi connectivity index (χ4n) is 13.4. The third-order valence-electron chi connectivity index (χ3n) is 18.7. The normalized spacial score (nSPS) is 20.5. The maximum atomic E-state index is 15.5. The maximum absolute atomic E-state index is 15.5. The molecule has 11 rings (SSSR count). The number of hydrogen-bond donors (Lipinski definition) is 13. The van der Waals surface area contributed by atoms with Crippen molar-refractivity contribution in [2.45, 2.75) is 126 Å². The summed E-state index contributed by atoms with van der Waals surface area (Å²) in [5, 5.41) is 62.9. The molecular weight excluding hydrogens is 1310 g/mol. The van der Waals surface area contributed by atoms with E-state index in [9.17, 15) is 73.2 Å². The molecule has 2 aliphatic carbocycles. The van der Waals surface area contributed by atoms with E-state index in [2.05, 4.69) is 42.5 Å². The van der Waals surface area contributed by atoms with E-state index in [0.717, 1.165) is 22.3 Å².